The van der Waals surface area contributed by atoms with Crippen molar-refractivity contribution in [2.45, 2.75) is 33.2 Å². The third-order valence-corrected chi connectivity index (χ3v) is 3.36. The first-order valence-corrected chi connectivity index (χ1v) is 6.90. The number of hydrogen-bond acceptors (Lipinski definition) is 2. The zero-order chi connectivity index (χ0) is 15.0. The Morgan fingerprint density at radius 1 is 1.10 bits per heavy atom. The Morgan fingerprint density at radius 2 is 1.70 bits per heavy atom. The number of carboxylic acids is 1. The van der Waals surface area contributed by atoms with Gasteiger partial charge in [-0.1, -0.05) is 38.8 Å². The number of benzene rings is 1. The van der Waals surface area contributed by atoms with E-state index in [9.17, 15) is 9.59 Å². The standard InChI is InChI=1S/C15H22N2O3/c1-3-11(4-2)9-16-15(20)17-10-12-5-7-13(8-6-12)14(18)19/h5-8,11H,3-4,9-10H2,1-2H3,(H,18,19)(H2,16,17,20). The Labute approximate surface area is 119 Å². The lowest BCUT2D eigenvalue weighted by molar-refractivity contribution is 0.0697. The van der Waals surface area contributed by atoms with Gasteiger partial charge in [0.25, 0.3) is 0 Å². The molecule has 3 N–H and O–H groups in total. The first-order chi connectivity index (χ1) is 9.56. The molecule has 0 saturated heterocycles. The fraction of sp³-hybridized carbons (Fsp3) is 0.467. The Balaban J connectivity index is 2.35. The Morgan fingerprint density at radius 3 is 2.20 bits per heavy atom. The minimum absolute atomic E-state index is 0.195. The predicted molar refractivity (Wildman–Crippen MR) is 77.7 cm³/mol. The number of aromatic carboxylic acids is 1. The van der Waals surface area contributed by atoms with E-state index in [4.69, 9.17) is 5.11 Å². The number of carbonyl (C=O) groups excluding carboxylic acids is 1. The lowest BCUT2D eigenvalue weighted by atomic mass is 10.0. The summed E-state index contributed by atoms with van der Waals surface area (Å²) in [6.07, 6.45) is 2.10. The van der Waals surface area contributed by atoms with Crippen molar-refractivity contribution in [3.63, 3.8) is 0 Å². The molecule has 1 aromatic carbocycles. The summed E-state index contributed by atoms with van der Waals surface area (Å²) >= 11 is 0. The van der Waals surface area contributed by atoms with Crippen LogP contribution in [0.4, 0.5) is 4.79 Å². The van der Waals surface area contributed by atoms with Gasteiger partial charge in [0.15, 0.2) is 0 Å². The van der Waals surface area contributed by atoms with Gasteiger partial charge in [0, 0.05) is 13.1 Å². The number of nitrogens with one attached hydrogen (secondary N) is 2. The van der Waals surface area contributed by atoms with E-state index in [-0.39, 0.29) is 11.6 Å². The second-order valence-electron chi connectivity index (χ2n) is 4.75. The third kappa shape index (κ3) is 5.30. The molecule has 2 amide bonds. The van der Waals surface area contributed by atoms with Gasteiger partial charge >= 0.3 is 12.0 Å². The van der Waals surface area contributed by atoms with E-state index >= 15 is 0 Å². The summed E-state index contributed by atoms with van der Waals surface area (Å²) in [5, 5.41) is 14.4. The highest BCUT2D eigenvalue weighted by atomic mass is 16.4. The minimum Gasteiger partial charge on any atom is -0.478 e. The van der Waals surface area contributed by atoms with E-state index in [2.05, 4.69) is 24.5 Å². The molecule has 0 aromatic heterocycles. The Kier molecular flexibility index (Phi) is 6.56. The van der Waals surface area contributed by atoms with Crippen molar-refractivity contribution in [2.24, 2.45) is 5.92 Å². The molecule has 20 heavy (non-hydrogen) atoms. The lowest BCUT2D eigenvalue weighted by Gasteiger charge is -2.13. The van der Waals surface area contributed by atoms with Crippen LogP contribution in [0.1, 0.15) is 42.6 Å². The van der Waals surface area contributed by atoms with Crippen molar-refractivity contribution in [3.05, 3.63) is 35.4 Å². The number of carbonyl (C=O) groups is 2. The van der Waals surface area contributed by atoms with E-state index in [0.29, 0.717) is 19.0 Å². The summed E-state index contributed by atoms with van der Waals surface area (Å²) in [5.41, 5.74) is 1.11. The zero-order valence-electron chi connectivity index (χ0n) is 12.0. The van der Waals surface area contributed by atoms with Crippen LogP contribution in [0.5, 0.6) is 0 Å². The molecule has 0 heterocycles. The van der Waals surface area contributed by atoms with Gasteiger partial charge in [-0.25, -0.2) is 9.59 Å². The first kappa shape index (κ1) is 16.0. The van der Waals surface area contributed by atoms with Crippen LogP contribution >= 0.6 is 0 Å². The third-order valence-electron chi connectivity index (χ3n) is 3.36. The quantitative estimate of drug-likeness (QED) is 0.717. The molecule has 0 saturated carbocycles. The summed E-state index contributed by atoms with van der Waals surface area (Å²) in [5.74, 6) is -0.442. The van der Waals surface area contributed by atoms with E-state index in [1.165, 1.54) is 12.1 Å². The smallest absolute Gasteiger partial charge is 0.335 e. The van der Waals surface area contributed by atoms with E-state index in [1.807, 2.05) is 0 Å². The second kappa shape index (κ2) is 8.19. The Hall–Kier alpha value is -2.04. The van der Waals surface area contributed by atoms with Crippen molar-refractivity contribution < 1.29 is 14.7 Å². The number of amides is 2. The largest absolute Gasteiger partial charge is 0.478 e. The fourth-order valence-electron chi connectivity index (χ4n) is 1.82. The van der Waals surface area contributed by atoms with Crippen LogP contribution in [0.25, 0.3) is 0 Å². The predicted octanol–water partition coefficient (Wildman–Crippen LogP) is 2.62. The molecular weight excluding hydrogens is 256 g/mol. The topological polar surface area (TPSA) is 78.4 Å². The average molecular weight is 278 g/mol. The first-order valence-electron chi connectivity index (χ1n) is 6.90. The number of rotatable bonds is 7. The molecule has 5 heteroatoms. The van der Waals surface area contributed by atoms with Crippen LogP contribution in [0, 0.1) is 5.92 Å². The van der Waals surface area contributed by atoms with E-state index in [0.717, 1.165) is 18.4 Å². The summed E-state index contributed by atoms with van der Waals surface area (Å²) in [6, 6.07) is 6.26. The van der Waals surface area contributed by atoms with Gasteiger partial charge in [-0.05, 0) is 23.6 Å². The van der Waals surface area contributed by atoms with Crippen LogP contribution in [-0.2, 0) is 6.54 Å². The van der Waals surface area contributed by atoms with Gasteiger partial charge in [-0.3, -0.25) is 0 Å². The highest BCUT2D eigenvalue weighted by molar-refractivity contribution is 5.87. The van der Waals surface area contributed by atoms with Gasteiger partial charge in [0.2, 0.25) is 0 Å². The SMILES string of the molecule is CCC(CC)CNC(=O)NCc1ccc(C(=O)O)cc1. The maximum atomic E-state index is 11.6. The van der Waals surface area contributed by atoms with Gasteiger partial charge in [-0.15, -0.1) is 0 Å². The van der Waals surface area contributed by atoms with E-state index < -0.39 is 5.97 Å². The lowest BCUT2D eigenvalue weighted by Crippen LogP contribution is -2.37. The van der Waals surface area contributed by atoms with Crippen molar-refractivity contribution in [1.29, 1.82) is 0 Å². The van der Waals surface area contributed by atoms with Gasteiger partial charge in [0.1, 0.15) is 0 Å². The summed E-state index contributed by atoms with van der Waals surface area (Å²) in [7, 11) is 0. The molecule has 0 aliphatic heterocycles. The second-order valence-corrected chi connectivity index (χ2v) is 4.75. The van der Waals surface area contributed by atoms with Crippen LogP contribution in [-0.4, -0.2) is 23.7 Å². The minimum atomic E-state index is -0.951. The highest BCUT2D eigenvalue weighted by Crippen LogP contribution is 2.05. The Bertz CT molecular complexity index is 439. The fourth-order valence-corrected chi connectivity index (χ4v) is 1.82. The normalized spacial score (nSPS) is 10.3. The van der Waals surface area contributed by atoms with Gasteiger partial charge in [-0.2, -0.15) is 0 Å². The number of carboxylic acid groups (broad SMARTS) is 1. The molecule has 110 valence electrons. The molecule has 0 aliphatic rings. The molecule has 0 unspecified atom stereocenters. The molecule has 0 bridgehead atoms. The molecule has 0 atom stereocenters. The average Bonchev–Trinajstić information content (AvgIpc) is 2.46. The molecule has 0 radical (unpaired) electrons. The van der Waals surface area contributed by atoms with Crippen molar-refractivity contribution in [3.8, 4) is 0 Å². The van der Waals surface area contributed by atoms with Crippen molar-refractivity contribution >= 4 is 12.0 Å². The summed E-state index contributed by atoms with van der Waals surface area (Å²) in [4.78, 5) is 22.3. The number of hydrogen-bond donors (Lipinski definition) is 3. The monoisotopic (exact) mass is 278 g/mol. The zero-order valence-corrected chi connectivity index (χ0v) is 12.0. The molecule has 0 fully saturated rings. The van der Waals surface area contributed by atoms with E-state index in [1.54, 1.807) is 12.1 Å². The van der Waals surface area contributed by atoms with Gasteiger partial charge in [0.05, 0.1) is 5.56 Å². The number of urea groups is 1. The van der Waals surface area contributed by atoms with Gasteiger partial charge < -0.3 is 15.7 Å². The molecule has 0 aliphatic carbocycles. The van der Waals surface area contributed by atoms with Crippen LogP contribution in [0.2, 0.25) is 0 Å². The highest BCUT2D eigenvalue weighted by Gasteiger charge is 2.06. The molecule has 5 nitrogen and oxygen atoms in total. The summed E-state index contributed by atoms with van der Waals surface area (Å²) in [6.45, 7) is 5.28. The van der Waals surface area contributed by atoms with Crippen LogP contribution < -0.4 is 10.6 Å². The van der Waals surface area contributed by atoms with Crippen LogP contribution in [0.15, 0.2) is 24.3 Å². The molecule has 1 rings (SSSR count). The maximum Gasteiger partial charge on any atom is 0.335 e. The van der Waals surface area contributed by atoms with Crippen molar-refractivity contribution in [2.75, 3.05) is 6.54 Å². The maximum absolute atomic E-state index is 11.6. The molecule has 0 spiro atoms. The summed E-state index contributed by atoms with van der Waals surface area (Å²) < 4.78 is 0. The molecule has 1 aromatic rings. The van der Waals surface area contributed by atoms with Crippen LogP contribution in [0.3, 0.4) is 0 Å². The van der Waals surface area contributed by atoms with Crippen molar-refractivity contribution in [1.82, 2.24) is 10.6 Å². The molecular formula is C15H22N2O3.